The predicted octanol–water partition coefficient (Wildman–Crippen LogP) is 3.16. The van der Waals surface area contributed by atoms with Gasteiger partial charge in [-0.3, -0.25) is 0 Å². The van der Waals surface area contributed by atoms with E-state index in [9.17, 15) is 8.78 Å². The van der Waals surface area contributed by atoms with E-state index in [-0.39, 0.29) is 11.4 Å². The van der Waals surface area contributed by atoms with E-state index in [0.29, 0.717) is 11.3 Å². The van der Waals surface area contributed by atoms with Crippen LogP contribution in [0.25, 0.3) is 0 Å². The van der Waals surface area contributed by atoms with Crippen LogP contribution in [0.4, 0.5) is 25.8 Å². The summed E-state index contributed by atoms with van der Waals surface area (Å²) in [5, 5.41) is 11.3. The number of rotatable bonds is 2. The van der Waals surface area contributed by atoms with E-state index >= 15 is 0 Å². The largest absolute Gasteiger partial charge is 0.397 e. The van der Waals surface area contributed by atoms with E-state index in [0.717, 1.165) is 12.1 Å². The first-order valence-corrected chi connectivity index (χ1v) is 5.12. The summed E-state index contributed by atoms with van der Waals surface area (Å²) in [5.74, 6) is -1.45. The van der Waals surface area contributed by atoms with Gasteiger partial charge in [0.25, 0.3) is 0 Å². The highest BCUT2D eigenvalue weighted by molar-refractivity contribution is 5.74. The standard InChI is InChI=1S/C13H9F2N3/c14-9-2-1-3-10(15)13(9)18-12-6-8(7-16)4-5-11(12)17/h1-6,18H,17H2. The third kappa shape index (κ3) is 2.23. The highest BCUT2D eigenvalue weighted by Gasteiger charge is 2.10. The van der Waals surface area contributed by atoms with Gasteiger partial charge in [-0.15, -0.1) is 0 Å². The highest BCUT2D eigenvalue weighted by atomic mass is 19.1. The summed E-state index contributed by atoms with van der Waals surface area (Å²) >= 11 is 0. The molecule has 18 heavy (non-hydrogen) atoms. The number of benzene rings is 2. The second kappa shape index (κ2) is 4.72. The fourth-order valence-electron chi connectivity index (χ4n) is 1.49. The minimum Gasteiger partial charge on any atom is -0.397 e. The number of nitrogen functional groups attached to an aromatic ring is 1. The van der Waals surface area contributed by atoms with Gasteiger partial charge in [0.05, 0.1) is 23.0 Å². The van der Waals surface area contributed by atoms with E-state index in [2.05, 4.69) is 5.32 Å². The van der Waals surface area contributed by atoms with E-state index in [1.807, 2.05) is 6.07 Å². The molecule has 0 bridgehead atoms. The Balaban J connectivity index is 2.43. The molecule has 0 radical (unpaired) electrons. The molecule has 0 heterocycles. The number of anilines is 3. The van der Waals surface area contributed by atoms with Gasteiger partial charge in [-0.25, -0.2) is 8.78 Å². The molecule has 0 amide bonds. The first-order chi connectivity index (χ1) is 8.61. The van der Waals surface area contributed by atoms with Gasteiger partial charge in [0.1, 0.15) is 17.3 Å². The Kier molecular flexibility index (Phi) is 3.11. The third-order valence-electron chi connectivity index (χ3n) is 2.40. The van der Waals surface area contributed by atoms with Gasteiger partial charge in [0.2, 0.25) is 0 Å². The molecule has 0 saturated heterocycles. The van der Waals surface area contributed by atoms with Gasteiger partial charge in [0, 0.05) is 0 Å². The minimum absolute atomic E-state index is 0.290. The maximum Gasteiger partial charge on any atom is 0.149 e. The van der Waals surface area contributed by atoms with Crippen LogP contribution in [0.3, 0.4) is 0 Å². The lowest BCUT2D eigenvalue weighted by molar-refractivity contribution is 0.591. The van der Waals surface area contributed by atoms with E-state index in [1.165, 1.54) is 24.3 Å². The van der Waals surface area contributed by atoms with Gasteiger partial charge in [-0.2, -0.15) is 5.26 Å². The Morgan fingerprint density at radius 2 is 1.78 bits per heavy atom. The average Bonchev–Trinajstić information content (AvgIpc) is 2.36. The fourth-order valence-corrected chi connectivity index (χ4v) is 1.49. The monoisotopic (exact) mass is 245 g/mol. The molecule has 3 N–H and O–H groups in total. The second-order valence-corrected chi connectivity index (χ2v) is 3.64. The molecule has 3 nitrogen and oxygen atoms in total. The summed E-state index contributed by atoms with van der Waals surface area (Å²) in [7, 11) is 0. The Labute approximate surface area is 102 Å². The lowest BCUT2D eigenvalue weighted by Gasteiger charge is -2.11. The lowest BCUT2D eigenvalue weighted by Crippen LogP contribution is -2.01. The number of hydrogen-bond acceptors (Lipinski definition) is 3. The number of hydrogen-bond donors (Lipinski definition) is 2. The predicted molar refractivity (Wildman–Crippen MR) is 65.2 cm³/mol. The van der Waals surface area contributed by atoms with Gasteiger partial charge < -0.3 is 11.1 Å². The summed E-state index contributed by atoms with van der Waals surface area (Å²) in [6, 6.07) is 9.92. The second-order valence-electron chi connectivity index (χ2n) is 3.64. The molecule has 0 aliphatic carbocycles. The van der Waals surface area contributed by atoms with Crippen LogP contribution in [0.1, 0.15) is 5.56 Å². The molecule has 0 saturated carbocycles. The van der Waals surface area contributed by atoms with Crippen LogP contribution in [0.2, 0.25) is 0 Å². The normalized spacial score (nSPS) is 9.83. The Bertz CT molecular complexity index is 612. The highest BCUT2D eigenvalue weighted by Crippen LogP contribution is 2.27. The zero-order chi connectivity index (χ0) is 13.1. The number of nitrogens with two attached hydrogens (primary N) is 1. The number of nitrogens with zero attached hydrogens (tertiary/aromatic N) is 1. The van der Waals surface area contributed by atoms with Crippen LogP contribution in [-0.4, -0.2) is 0 Å². The Morgan fingerprint density at radius 3 is 2.39 bits per heavy atom. The number of para-hydroxylation sites is 1. The minimum atomic E-state index is -0.725. The summed E-state index contributed by atoms with van der Waals surface area (Å²) in [6.07, 6.45) is 0. The molecule has 2 rings (SSSR count). The molecule has 2 aromatic rings. The molecule has 2 aromatic carbocycles. The average molecular weight is 245 g/mol. The number of halogens is 2. The molecule has 0 aliphatic heterocycles. The Hall–Kier alpha value is -2.61. The van der Waals surface area contributed by atoms with Crippen molar-refractivity contribution < 1.29 is 8.78 Å². The Morgan fingerprint density at radius 1 is 1.11 bits per heavy atom. The summed E-state index contributed by atoms with van der Waals surface area (Å²) in [4.78, 5) is 0. The quantitative estimate of drug-likeness (QED) is 0.799. The van der Waals surface area contributed by atoms with Crippen molar-refractivity contribution in [3.63, 3.8) is 0 Å². The smallest absolute Gasteiger partial charge is 0.149 e. The SMILES string of the molecule is N#Cc1ccc(N)c(Nc2c(F)cccc2F)c1. The van der Waals surface area contributed by atoms with Crippen molar-refractivity contribution in [3.8, 4) is 6.07 Å². The maximum absolute atomic E-state index is 13.4. The molecule has 0 aliphatic rings. The molecule has 0 atom stereocenters. The molecule has 0 aromatic heterocycles. The molecule has 0 fully saturated rings. The molecular formula is C13H9F2N3. The lowest BCUT2D eigenvalue weighted by atomic mass is 10.1. The van der Waals surface area contributed by atoms with Crippen molar-refractivity contribution in [2.24, 2.45) is 0 Å². The van der Waals surface area contributed by atoms with Crippen molar-refractivity contribution in [1.82, 2.24) is 0 Å². The summed E-state index contributed by atoms with van der Waals surface area (Å²) in [6.45, 7) is 0. The van der Waals surface area contributed by atoms with Crippen molar-refractivity contribution in [1.29, 1.82) is 5.26 Å². The van der Waals surface area contributed by atoms with E-state index < -0.39 is 11.6 Å². The van der Waals surface area contributed by atoms with Gasteiger partial charge >= 0.3 is 0 Å². The first-order valence-electron chi connectivity index (χ1n) is 5.12. The van der Waals surface area contributed by atoms with Crippen LogP contribution in [0.5, 0.6) is 0 Å². The van der Waals surface area contributed by atoms with Crippen molar-refractivity contribution in [3.05, 3.63) is 53.6 Å². The topological polar surface area (TPSA) is 61.8 Å². The molecular weight excluding hydrogens is 236 g/mol. The summed E-state index contributed by atoms with van der Waals surface area (Å²) in [5.41, 5.74) is 6.33. The molecule has 90 valence electrons. The van der Waals surface area contributed by atoms with Crippen molar-refractivity contribution in [2.45, 2.75) is 0 Å². The maximum atomic E-state index is 13.4. The van der Waals surface area contributed by atoms with Gasteiger partial charge in [0.15, 0.2) is 0 Å². The van der Waals surface area contributed by atoms with Crippen LogP contribution in [0.15, 0.2) is 36.4 Å². The molecule has 5 heteroatoms. The van der Waals surface area contributed by atoms with Crippen LogP contribution in [-0.2, 0) is 0 Å². The summed E-state index contributed by atoms with van der Waals surface area (Å²) < 4.78 is 26.9. The van der Waals surface area contributed by atoms with Crippen LogP contribution >= 0.6 is 0 Å². The van der Waals surface area contributed by atoms with Gasteiger partial charge in [-0.05, 0) is 30.3 Å². The van der Waals surface area contributed by atoms with Crippen LogP contribution < -0.4 is 11.1 Å². The van der Waals surface area contributed by atoms with E-state index in [4.69, 9.17) is 11.0 Å². The zero-order valence-electron chi connectivity index (χ0n) is 9.24. The first kappa shape index (κ1) is 11.9. The fraction of sp³-hybridized carbons (Fsp3) is 0. The molecule has 0 spiro atoms. The molecule has 0 unspecified atom stereocenters. The van der Waals surface area contributed by atoms with Crippen molar-refractivity contribution >= 4 is 17.1 Å². The van der Waals surface area contributed by atoms with E-state index in [1.54, 1.807) is 0 Å². The van der Waals surface area contributed by atoms with Crippen LogP contribution in [0, 0.1) is 23.0 Å². The van der Waals surface area contributed by atoms with Gasteiger partial charge in [-0.1, -0.05) is 6.07 Å². The number of nitrogens with one attached hydrogen (secondary N) is 1. The zero-order valence-corrected chi connectivity index (χ0v) is 9.24. The number of nitriles is 1. The third-order valence-corrected chi connectivity index (χ3v) is 2.40. The van der Waals surface area contributed by atoms with Crippen molar-refractivity contribution in [2.75, 3.05) is 11.1 Å².